The van der Waals surface area contributed by atoms with Crippen molar-refractivity contribution in [3.05, 3.63) is 23.9 Å². The Labute approximate surface area is 171 Å². The molecular formula is C21H30N6O2. The molecule has 0 radical (unpaired) electrons. The minimum absolute atomic E-state index is 0.191. The van der Waals surface area contributed by atoms with Gasteiger partial charge >= 0.3 is 6.09 Å². The molecule has 2 aromatic heterocycles. The highest BCUT2D eigenvalue weighted by atomic mass is 16.6. The molecule has 2 aromatic rings. The van der Waals surface area contributed by atoms with Gasteiger partial charge in [0, 0.05) is 32.1 Å². The highest BCUT2D eigenvalue weighted by Gasteiger charge is 2.54. The number of aromatic nitrogens is 4. The molecule has 3 heterocycles. The number of ether oxygens (including phenoxy) is 1. The molecule has 2 fully saturated rings. The molecule has 29 heavy (non-hydrogen) atoms. The average molecular weight is 399 g/mol. The topological polar surface area (TPSA) is 85.2 Å². The summed E-state index contributed by atoms with van der Waals surface area (Å²) in [5, 5.41) is 16.3. The smallest absolute Gasteiger partial charge is 0.410 e. The van der Waals surface area contributed by atoms with Crippen molar-refractivity contribution in [3.63, 3.8) is 0 Å². The average Bonchev–Trinajstić information content (AvgIpc) is 2.89. The molecule has 0 unspecified atom stereocenters. The zero-order valence-corrected chi connectivity index (χ0v) is 17.9. The van der Waals surface area contributed by atoms with E-state index in [1.165, 1.54) is 0 Å². The van der Waals surface area contributed by atoms with Crippen molar-refractivity contribution in [2.24, 2.45) is 18.4 Å². The van der Waals surface area contributed by atoms with E-state index >= 15 is 0 Å². The molecule has 0 atom stereocenters. The maximum Gasteiger partial charge on any atom is 0.410 e. The minimum Gasteiger partial charge on any atom is -0.444 e. The van der Waals surface area contributed by atoms with E-state index in [4.69, 9.17) is 4.74 Å². The summed E-state index contributed by atoms with van der Waals surface area (Å²) in [6.07, 6.45) is 3.92. The summed E-state index contributed by atoms with van der Waals surface area (Å²) in [4.78, 5) is 13.9. The molecule has 0 aromatic carbocycles. The lowest BCUT2D eigenvalue weighted by Crippen LogP contribution is -2.64. The van der Waals surface area contributed by atoms with Gasteiger partial charge in [-0.1, -0.05) is 0 Å². The number of carbonyl (C=O) groups excluding carboxylic acids is 1. The summed E-state index contributed by atoms with van der Waals surface area (Å²) in [7, 11) is 1.91. The molecule has 1 saturated heterocycles. The summed E-state index contributed by atoms with van der Waals surface area (Å²) in [5.41, 5.74) is 2.77. The lowest BCUT2D eigenvalue weighted by molar-refractivity contribution is -0.0920. The number of aryl methyl sites for hydroxylation is 2. The Balaban J connectivity index is 1.22. The predicted molar refractivity (Wildman–Crippen MR) is 110 cm³/mol. The van der Waals surface area contributed by atoms with E-state index in [2.05, 4.69) is 20.6 Å². The normalized spacial score (nSPS) is 18.3. The van der Waals surface area contributed by atoms with Gasteiger partial charge in [-0.05, 0) is 64.2 Å². The first-order valence-electron chi connectivity index (χ1n) is 10.2. The second-order valence-corrected chi connectivity index (χ2v) is 9.60. The molecule has 1 aliphatic heterocycles. The number of carbonyl (C=O) groups is 1. The molecule has 1 N–H and O–H groups in total. The van der Waals surface area contributed by atoms with Crippen LogP contribution in [0, 0.1) is 18.3 Å². The van der Waals surface area contributed by atoms with E-state index in [-0.39, 0.29) is 6.09 Å². The fourth-order valence-corrected chi connectivity index (χ4v) is 4.50. The summed E-state index contributed by atoms with van der Waals surface area (Å²) in [5.74, 6) is 1.40. The monoisotopic (exact) mass is 398 g/mol. The first kappa shape index (κ1) is 19.7. The van der Waals surface area contributed by atoms with Crippen LogP contribution in [0.4, 0.5) is 10.6 Å². The molecule has 4 rings (SSSR count). The molecule has 2 aliphatic rings. The van der Waals surface area contributed by atoms with Crippen LogP contribution in [0.5, 0.6) is 0 Å². The third-order valence-corrected chi connectivity index (χ3v) is 5.75. The van der Waals surface area contributed by atoms with Gasteiger partial charge in [0.05, 0.1) is 11.9 Å². The van der Waals surface area contributed by atoms with Gasteiger partial charge in [-0.25, -0.2) is 4.79 Å². The van der Waals surface area contributed by atoms with Crippen LogP contribution >= 0.6 is 0 Å². The van der Waals surface area contributed by atoms with Crippen molar-refractivity contribution in [1.82, 2.24) is 24.9 Å². The van der Waals surface area contributed by atoms with Crippen molar-refractivity contribution < 1.29 is 9.53 Å². The Morgan fingerprint density at radius 3 is 2.55 bits per heavy atom. The van der Waals surface area contributed by atoms with Gasteiger partial charge in [0.25, 0.3) is 0 Å². The Hall–Kier alpha value is -2.64. The van der Waals surface area contributed by atoms with Gasteiger partial charge in [-0.3, -0.25) is 4.68 Å². The number of likely N-dealkylation sites (tertiary alicyclic amines) is 1. The maximum atomic E-state index is 12.1. The lowest BCUT2D eigenvalue weighted by Gasteiger charge is -2.58. The van der Waals surface area contributed by atoms with Crippen molar-refractivity contribution in [3.8, 4) is 11.4 Å². The second-order valence-electron chi connectivity index (χ2n) is 9.60. The lowest BCUT2D eigenvalue weighted by atomic mass is 9.58. The molecule has 8 nitrogen and oxygen atoms in total. The van der Waals surface area contributed by atoms with E-state index < -0.39 is 5.60 Å². The minimum atomic E-state index is -0.433. The van der Waals surface area contributed by atoms with Crippen molar-refractivity contribution in [2.75, 3.05) is 25.0 Å². The number of anilines is 1. The summed E-state index contributed by atoms with van der Waals surface area (Å²) < 4.78 is 7.26. The third-order valence-electron chi connectivity index (χ3n) is 5.75. The quantitative estimate of drug-likeness (QED) is 0.851. The molecule has 1 amide bonds. The van der Waals surface area contributed by atoms with Crippen LogP contribution in [-0.4, -0.2) is 56.2 Å². The van der Waals surface area contributed by atoms with Crippen LogP contribution in [0.25, 0.3) is 11.4 Å². The Kier molecular flexibility index (Phi) is 4.75. The van der Waals surface area contributed by atoms with Crippen LogP contribution in [0.15, 0.2) is 18.3 Å². The molecule has 8 heteroatoms. The number of rotatable bonds is 4. The number of nitrogens with one attached hydrogen (secondary N) is 1. The van der Waals surface area contributed by atoms with E-state index in [0.717, 1.165) is 55.2 Å². The summed E-state index contributed by atoms with van der Waals surface area (Å²) >= 11 is 0. The van der Waals surface area contributed by atoms with E-state index in [1.54, 1.807) is 0 Å². The van der Waals surface area contributed by atoms with Crippen LogP contribution in [-0.2, 0) is 11.8 Å². The largest absolute Gasteiger partial charge is 0.444 e. The molecule has 1 saturated carbocycles. The Morgan fingerprint density at radius 2 is 2.00 bits per heavy atom. The van der Waals surface area contributed by atoms with Gasteiger partial charge < -0.3 is 15.0 Å². The van der Waals surface area contributed by atoms with Crippen molar-refractivity contribution >= 4 is 11.9 Å². The number of hydrogen-bond donors (Lipinski definition) is 1. The van der Waals surface area contributed by atoms with E-state index in [1.807, 2.05) is 62.7 Å². The number of nitrogens with zero attached hydrogens (tertiary/aromatic N) is 5. The van der Waals surface area contributed by atoms with Gasteiger partial charge in [-0.2, -0.15) is 5.10 Å². The molecule has 1 aliphatic carbocycles. The highest BCUT2D eigenvalue weighted by molar-refractivity contribution is 5.69. The van der Waals surface area contributed by atoms with Gasteiger partial charge in [0.1, 0.15) is 17.1 Å². The predicted octanol–water partition coefficient (Wildman–Crippen LogP) is 3.24. The zero-order valence-electron chi connectivity index (χ0n) is 17.9. The molecule has 0 bridgehead atoms. The number of amides is 1. The van der Waals surface area contributed by atoms with Crippen LogP contribution in [0.2, 0.25) is 0 Å². The fraction of sp³-hybridized carbons (Fsp3) is 0.619. The van der Waals surface area contributed by atoms with Crippen LogP contribution < -0.4 is 5.32 Å². The summed E-state index contributed by atoms with van der Waals surface area (Å²) in [6, 6.07) is 3.95. The Morgan fingerprint density at radius 1 is 1.28 bits per heavy atom. The van der Waals surface area contributed by atoms with Gasteiger partial charge in [-0.15, -0.1) is 10.2 Å². The number of hydrogen-bond acceptors (Lipinski definition) is 6. The molecular weight excluding hydrogens is 368 g/mol. The van der Waals surface area contributed by atoms with E-state index in [0.29, 0.717) is 11.3 Å². The SMILES string of the molecule is Cc1cnn(C)c1-c1ccc(NCC2CC3(C2)CN(C(=O)OC(C)(C)C)C3)nn1. The maximum absolute atomic E-state index is 12.1. The fourth-order valence-electron chi connectivity index (χ4n) is 4.50. The molecule has 1 spiro atoms. The first-order chi connectivity index (χ1) is 13.6. The second kappa shape index (κ2) is 7.00. The Bertz CT molecular complexity index is 865. The van der Waals surface area contributed by atoms with Crippen molar-refractivity contribution in [2.45, 2.75) is 46.1 Å². The van der Waals surface area contributed by atoms with Crippen molar-refractivity contribution in [1.29, 1.82) is 0 Å². The standard InChI is InChI=1S/C21H30N6O2/c1-14-10-23-26(5)18(14)16-6-7-17(25-24-16)22-11-15-8-21(9-15)12-27(13-21)19(28)29-20(2,3)4/h6-7,10,15H,8-9,11-13H2,1-5H3,(H,22,25). The highest BCUT2D eigenvalue weighted by Crippen LogP contribution is 2.52. The van der Waals surface area contributed by atoms with Crippen LogP contribution in [0.3, 0.4) is 0 Å². The van der Waals surface area contributed by atoms with Crippen LogP contribution in [0.1, 0.15) is 39.2 Å². The van der Waals surface area contributed by atoms with Gasteiger partial charge in [0.2, 0.25) is 0 Å². The zero-order chi connectivity index (χ0) is 20.8. The third kappa shape index (κ3) is 4.06. The first-order valence-corrected chi connectivity index (χ1v) is 10.2. The van der Waals surface area contributed by atoms with E-state index in [9.17, 15) is 4.79 Å². The summed E-state index contributed by atoms with van der Waals surface area (Å²) in [6.45, 7) is 10.2. The van der Waals surface area contributed by atoms with Gasteiger partial charge in [0.15, 0.2) is 0 Å². The molecule has 156 valence electrons.